The molecule has 3 heteroatoms. The highest BCUT2D eigenvalue weighted by Crippen LogP contribution is 2.43. The van der Waals surface area contributed by atoms with E-state index < -0.39 is 0 Å². The Labute approximate surface area is 220 Å². The molecule has 0 aliphatic carbocycles. The van der Waals surface area contributed by atoms with Gasteiger partial charge in [0.05, 0.1) is 5.52 Å². The minimum Gasteiger partial charge on any atom is -0.268 e. The average molecular weight is 502 g/mol. The van der Waals surface area contributed by atoms with Gasteiger partial charge in [0, 0.05) is 26.4 Å². The molecule has 0 aliphatic rings. The number of rotatable bonds is 1. The lowest BCUT2D eigenvalue weighted by Crippen LogP contribution is -2.12. The highest BCUT2D eigenvalue weighted by Gasteiger charge is 2.19. The number of para-hydroxylation sites is 1. The van der Waals surface area contributed by atoms with Gasteiger partial charge in [-0.25, -0.2) is 0 Å². The summed E-state index contributed by atoms with van der Waals surface area (Å²) in [5.41, 5.74) is 2.27. The minimum absolute atomic E-state index is 0.0590. The average Bonchev–Trinajstić information content (AvgIpc) is 3.54. The van der Waals surface area contributed by atoms with Gasteiger partial charge in [0.15, 0.2) is 0 Å². The van der Waals surface area contributed by atoms with Crippen LogP contribution in [0, 0.1) is 0 Å². The molecule has 0 bridgehead atoms. The second-order valence-corrected chi connectivity index (χ2v) is 11.1. The van der Waals surface area contributed by atoms with E-state index in [4.69, 9.17) is 0 Å². The fourth-order valence-electron chi connectivity index (χ4n) is 6.48. The van der Waals surface area contributed by atoms with Gasteiger partial charge < -0.3 is 0 Å². The zero-order valence-electron chi connectivity index (χ0n) is 20.2. The maximum absolute atomic E-state index is 13.7. The lowest BCUT2D eigenvalue weighted by atomic mass is 9.93. The molecular formula is C35H19NOS. The van der Waals surface area contributed by atoms with Gasteiger partial charge in [-0.05, 0) is 61.5 Å². The minimum atomic E-state index is 0.0590. The van der Waals surface area contributed by atoms with Crippen LogP contribution in [0.4, 0.5) is 0 Å². The Bertz CT molecular complexity index is 2450. The first-order chi connectivity index (χ1) is 18.8. The monoisotopic (exact) mass is 501 g/mol. The molecule has 176 valence electrons. The van der Waals surface area contributed by atoms with Gasteiger partial charge in [-0.1, -0.05) is 97.1 Å². The van der Waals surface area contributed by atoms with Crippen LogP contribution in [0.25, 0.3) is 80.0 Å². The number of fused-ring (bicyclic) bond motifs is 11. The first-order valence-corrected chi connectivity index (χ1v) is 13.6. The van der Waals surface area contributed by atoms with Crippen molar-refractivity contribution in [2.45, 2.75) is 0 Å². The van der Waals surface area contributed by atoms with Crippen molar-refractivity contribution in [2.75, 3.05) is 0 Å². The van der Waals surface area contributed by atoms with Gasteiger partial charge in [0.25, 0.3) is 5.56 Å². The molecule has 0 unspecified atom stereocenters. The van der Waals surface area contributed by atoms with Crippen molar-refractivity contribution >= 4 is 80.9 Å². The molecule has 0 spiro atoms. The summed E-state index contributed by atoms with van der Waals surface area (Å²) in [4.78, 5) is 15.9. The van der Waals surface area contributed by atoms with Crippen LogP contribution in [0.1, 0.15) is 0 Å². The van der Waals surface area contributed by atoms with Crippen molar-refractivity contribution in [3.8, 4) is 10.4 Å². The summed E-state index contributed by atoms with van der Waals surface area (Å²) in [5.74, 6) is 0. The van der Waals surface area contributed by atoms with Crippen LogP contribution < -0.4 is 5.56 Å². The third kappa shape index (κ3) is 2.49. The van der Waals surface area contributed by atoms with Crippen molar-refractivity contribution in [3.63, 3.8) is 0 Å². The fraction of sp³-hybridized carbons (Fsp3) is 0. The van der Waals surface area contributed by atoms with E-state index >= 15 is 0 Å². The summed E-state index contributed by atoms with van der Waals surface area (Å²) in [6, 6.07) is 40.8. The first kappa shape index (κ1) is 20.3. The van der Waals surface area contributed by atoms with Crippen LogP contribution in [0.2, 0.25) is 0 Å². The van der Waals surface area contributed by atoms with Crippen LogP contribution in [-0.2, 0) is 0 Å². The van der Waals surface area contributed by atoms with Gasteiger partial charge >= 0.3 is 0 Å². The van der Waals surface area contributed by atoms with E-state index in [1.54, 1.807) is 11.3 Å². The van der Waals surface area contributed by atoms with E-state index in [0.717, 1.165) is 37.3 Å². The molecule has 0 amide bonds. The summed E-state index contributed by atoms with van der Waals surface area (Å²) in [7, 11) is 0. The Morgan fingerprint density at radius 3 is 1.61 bits per heavy atom. The number of hydrogen-bond acceptors (Lipinski definition) is 2. The van der Waals surface area contributed by atoms with Crippen LogP contribution in [0.15, 0.2) is 120 Å². The Hall–Kier alpha value is -4.73. The molecule has 0 N–H and O–H groups in total. The summed E-state index contributed by atoms with van der Waals surface area (Å²) in [6.07, 6.45) is 0. The lowest BCUT2D eigenvalue weighted by molar-refractivity contribution is 1.22. The zero-order chi connectivity index (χ0) is 25.0. The molecule has 0 fully saturated rings. The summed E-state index contributed by atoms with van der Waals surface area (Å²) in [5, 5.41) is 12.8. The number of hydrogen-bond donors (Lipinski definition) is 0. The normalized spacial score (nSPS) is 12.3. The number of thiophene rings is 1. The van der Waals surface area contributed by atoms with Crippen molar-refractivity contribution in [1.29, 1.82) is 0 Å². The highest BCUT2D eigenvalue weighted by atomic mass is 32.1. The Morgan fingerprint density at radius 1 is 0.447 bits per heavy atom. The molecule has 0 atom stereocenters. The third-order valence-corrected chi connectivity index (χ3v) is 9.31. The largest absolute Gasteiger partial charge is 0.268 e. The van der Waals surface area contributed by atoms with Crippen LogP contribution in [0.5, 0.6) is 0 Å². The van der Waals surface area contributed by atoms with E-state index in [9.17, 15) is 4.79 Å². The first-order valence-electron chi connectivity index (χ1n) is 12.8. The number of nitrogens with zero attached hydrogens (tertiary/aromatic N) is 1. The van der Waals surface area contributed by atoms with E-state index in [1.807, 2.05) is 22.6 Å². The lowest BCUT2D eigenvalue weighted by Gasteiger charge is -2.11. The summed E-state index contributed by atoms with van der Waals surface area (Å²) >= 11 is 1.71. The van der Waals surface area contributed by atoms with E-state index in [2.05, 4.69) is 97.1 Å². The molecule has 2 nitrogen and oxygen atoms in total. The van der Waals surface area contributed by atoms with Crippen molar-refractivity contribution in [2.24, 2.45) is 0 Å². The molecule has 6 aromatic carbocycles. The number of pyridine rings is 1. The molecule has 3 aromatic heterocycles. The van der Waals surface area contributed by atoms with Crippen LogP contribution >= 0.6 is 11.3 Å². The van der Waals surface area contributed by atoms with Gasteiger partial charge in [-0.15, -0.1) is 11.3 Å². The molecule has 38 heavy (non-hydrogen) atoms. The smallest absolute Gasteiger partial charge is 0.264 e. The molecule has 9 aromatic rings. The SMILES string of the molecule is O=c1c2ccccc2c2cccc3c4cc(-c5ccc6c7ccccc7c7ccccc7c6c5)sc4n1c23. The third-order valence-electron chi connectivity index (χ3n) is 8.14. The van der Waals surface area contributed by atoms with E-state index in [1.165, 1.54) is 42.8 Å². The van der Waals surface area contributed by atoms with Crippen molar-refractivity contribution in [1.82, 2.24) is 4.40 Å². The quantitative estimate of drug-likeness (QED) is 0.205. The molecule has 0 saturated carbocycles. The second-order valence-electron chi connectivity index (χ2n) is 10.1. The Morgan fingerprint density at radius 2 is 0.947 bits per heavy atom. The molecule has 3 heterocycles. The second kappa shape index (κ2) is 7.18. The Balaban J connectivity index is 1.38. The predicted molar refractivity (Wildman–Crippen MR) is 163 cm³/mol. The standard InChI is InChI=1S/C35H19NOS/c37-34-29-13-6-5-12-25(29)27-14-7-15-28-31-19-32(38-35(31)36(34)33(27)28)20-16-17-26-23-10-2-1-8-21(23)22-9-3-4-11-24(22)30(26)18-20/h1-19H. The summed E-state index contributed by atoms with van der Waals surface area (Å²) < 4.78 is 1.94. The van der Waals surface area contributed by atoms with Gasteiger partial charge in [0.1, 0.15) is 4.83 Å². The van der Waals surface area contributed by atoms with Crippen LogP contribution in [0.3, 0.4) is 0 Å². The molecule has 0 aliphatic heterocycles. The summed E-state index contributed by atoms with van der Waals surface area (Å²) in [6.45, 7) is 0. The van der Waals surface area contributed by atoms with Gasteiger partial charge in [0.2, 0.25) is 0 Å². The van der Waals surface area contributed by atoms with Gasteiger partial charge in [-0.2, -0.15) is 0 Å². The number of benzene rings is 6. The van der Waals surface area contributed by atoms with E-state index in [-0.39, 0.29) is 5.56 Å². The highest BCUT2D eigenvalue weighted by molar-refractivity contribution is 7.22. The predicted octanol–water partition coefficient (Wildman–Crippen LogP) is 9.38. The molecule has 0 saturated heterocycles. The number of aromatic nitrogens is 1. The zero-order valence-corrected chi connectivity index (χ0v) is 21.0. The topological polar surface area (TPSA) is 21.5 Å². The van der Waals surface area contributed by atoms with Gasteiger partial charge in [-0.3, -0.25) is 9.20 Å². The van der Waals surface area contributed by atoms with Crippen molar-refractivity contribution < 1.29 is 0 Å². The Kier molecular flexibility index (Phi) is 3.85. The maximum Gasteiger partial charge on any atom is 0.264 e. The van der Waals surface area contributed by atoms with Crippen LogP contribution in [-0.4, -0.2) is 4.40 Å². The molecule has 9 rings (SSSR count). The molecule has 0 radical (unpaired) electrons. The molecular weight excluding hydrogens is 482 g/mol. The maximum atomic E-state index is 13.7. The van der Waals surface area contributed by atoms with Crippen molar-refractivity contribution in [3.05, 3.63) is 126 Å². The van der Waals surface area contributed by atoms with E-state index in [0.29, 0.717) is 0 Å². The fourth-order valence-corrected chi connectivity index (χ4v) is 7.66.